The van der Waals surface area contributed by atoms with Gasteiger partial charge >= 0.3 is 5.97 Å². The summed E-state index contributed by atoms with van der Waals surface area (Å²) in [5.41, 5.74) is 4.39. The number of ether oxygens (including phenoxy) is 1. The lowest BCUT2D eigenvalue weighted by Crippen LogP contribution is -2.03. The Hall–Kier alpha value is -2.70. The lowest BCUT2D eigenvalue weighted by Gasteiger charge is -2.15. The second-order valence-corrected chi connectivity index (χ2v) is 8.48. The summed E-state index contributed by atoms with van der Waals surface area (Å²) in [6.45, 7) is 0.255. The molecule has 158 valence electrons. The van der Waals surface area contributed by atoms with Gasteiger partial charge in [-0.3, -0.25) is 0 Å². The van der Waals surface area contributed by atoms with Crippen LogP contribution in [0.5, 0.6) is 5.75 Å². The molecule has 0 unspecified atom stereocenters. The average molecular weight is 503 g/mol. The minimum absolute atomic E-state index is 0.0139. The molecule has 1 aliphatic rings. The SMILES string of the molecule is O=C(O)c1cccc(C2=C(c3cc(Cl)ccc3OCc3ccc(F)cc3Br)CCC2)n1. The molecule has 0 atom stereocenters. The van der Waals surface area contributed by atoms with E-state index in [2.05, 4.69) is 20.9 Å². The fraction of sp³-hybridized carbons (Fsp3) is 0.167. The minimum Gasteiger partial charge on any atom is -0.488 e. The smallest absolute Gasteiger partial charge is 0.354 e. The number of benzene rings is 2. The van der Waals surface area contributed by atoms with Crippen molar-refractivity contribution in [2.45, 2.75) is 25.9 Å². The third kappa shape index (κ3) is 4.81. The van der Waals surface area contributed by atoms with Crippen molar-refractivity contribution in [1.82, 2.24) is 4.98 Å². The molecule has 4 rings (SSSR count). The Morgan fingerprint density at radius 2 is 1.94 bits per heavy atom. The molecule has 0 saturated heterocycles. The molecule has 2 aromatic carbocycles. The quantitative estimate of drug-likeness (QED) is 0.394. The van der Waals surface area contributed by atoms with E-state index in [1.807, 2.05) is 18.2 Å². The van der Waals surface area contributed by atoms with Crippen LogP contribution >= 0.6 is 27.5 Å². The van der Waals surface area contributed by atoms with E-state index in [4.69, 9.17) is 16.3 Å². The lowest BCUT2D eigenvalue weighted by molar-refractivity contribution is 0.0690. The average Bonchev–Trinajstić information content (AvgIpc) is 3.23. The van der Waals surface area contributed by atoms with Gasteiger partial charge in [-0.15, -0.1) is 0 Å². The molecule has 0 bridgehead atoms. The summed E-state index contributed by atoms with van der Waals surface area (Å²) < 4.78 is 20.1. The zero-order valence-electron chi connectivity index (χ0n) is 16.4. The number of nitrogens with zero attached hydrogens (tertiary/aromatic N) is 1. The molecule has 0 fully saturated rings. The van der Waals surface area contributed by atoms with Crippen LogP contribution in [-0.2, 0) is 6.61 Å². The molecule has 1 aliphatic carbocycles. The van der Waals surface area contributed by atoms with Crippen LogP contribution in [0.3, 0.4) is 0 Å². The van der Waals surface area contributed by atoms with E-state index >= 15 is 0 Å². The standard InChI is InChI=1S/C24H18BrClFNO3/c25-20-12-16(27)9-7-14(20)13-31-23-10-8-15(26)11-19(23)17-3-1-4-18(17)21-5-2-6-22(28-21)24(29)30/h2,5-12H,1,3-4,13H2,(H,29,30). The molecule has 0 saturated carbocycles. The molecule has 7 heteroatoms. The van der Waals surface area contributed by atoms with Crippen LogP contribution in [-0.4, -0.2) is 16.1 Å². The maximum absolute atomic E-state index is 13.4. The number of carbonyl (C=O) groups is 1. The summed E-state index contributed by atoms with van der Waals surface area (Å²) in [6, 6.07) is 14.9. The van der Waals surface area contributed by atoms with Crippen molar-refractivity contribution in [3.63, 3.8) is 0 Å². The predicted molar refractivity (Wildman–Crippen MR) is 122 cm³/mol. The van der Waals surface area contributed by atoms with Crippen LogP contribution in [0.25, 0.3) is 11.1 Å². The molecule has 31 heavy (non-hydrogen) atoms. The molecule has 1 aromatic heterocycles. The molecule has 3 aromatic rings. The molecule has 0 aliphatic heterocycles. The second kappa shape index (κ2) is 9.20. The third-order valence-electron chi connectivity index (χ3n) is 5.16. The van der Waals surface area contributed by atoms with Crippen molar-refractivity contribution in [2.75, 3.05) is 0 Å². The number of rotatable bonds is 6. The highest BCUT2D eigenvalue weighted by Gasteiger charge is 2.22. The van der Waals surface area contributed by atoms with Crippen molar-refractivity contribution in [2.24, 2.45) is 0 Å². The molecular formula is C24H18BrClFNO3. The first-order valence-electron chi connectivity index (χ1n) is 9.72. The van der Waals surface area contributed by atoms with E-state index < -0.39 is 5.97 Å². The number of allylic oxidation sites excluding steroid dienone is 2. The van der Waals surface area contributed by atoms with Crippen molar-refractivity contribution < 1.29 is 19.0 Å². The first-order valence-corrected chi connectivity index (χ1v) is 10.9. The highest BCUT2D eigenvalue weighted by atomic mass is 79.9. The van der Waals surface area contributed by atoms with Gasteiger partial charge in [0.2, 0.25) is 0 Å². The van der Waals surface area contributed by atoms with Gasteiger partial charge in [-0.2, -0.15) is 0 Å². The predicted octanol–water partition coefficient (Wildman–Crippen LogP) is 7.01. The van der Waals surface area contributed by atoms with Crippen LogP contribution in [0, 0.1) is 5.82 Å². The van der Waals surface area contributed by atoms with Gasteiger partial charge in [-0.05, 0) is 72.9 Å². The van der Waals surface area contributed by atoms with Gasteiger partial charge < -0.3 is 9.84 Å². The summed E-state index contributed by atoms with van der Waals surface area (Å²) in [7, 11) is 0. The Morgan fingerprint density at radius 3 is 2.71 bits per heavy atom. The van der Waals surface area contributed by atoms with E-state index in [9.17, 15) is 14.3 Å². The lowest BCUT2D eigenvalue weighted by atomic mass is 9.99. The van der Waals surface area contributed by atoms with E-state index in [1.165, 1.54) is 18.2 Å². The van der Waals surface area contributed by atoms with Crippen molar-refractivity contribution in [3.8, 4) is 5.75 Å². The number of hydrogen-bond donors (Lipinski definition) is 1. The first-order chi connectivity index (χ1) is 14.9. The number of halogens is 3. The van der Waals surface area contributed by atoms with Gasteiger partial charge in [0.15, 0.2) is 0 Å². The molecule has 0 amide bonds. The summed E-state index contributed by atoms with van der Waals surface area (Å²) in [5, 5.41) is 9.87. The number of aromatic carboxylic acids is 1. The number of pyridine rings is 1. The molecule has 1 heterocycles. The van der Waals surface area contributed by atoms with Crippen LogP contribution in [0.1, 0.15) is 46.6 Å². The van der Waals surface area contributed by atoms with Gasteiger partial charge in [0.1, 0.15) is 23.9 Å². The molecular weight excluding hydrogens is 485 g/mol. The van der Waals surface area contributed by atoms with E-state index in [-0.39, 0.29) is 18.1 Å². The molecule has 0 spiro atoms. The van der Waals surface area contributed by atoms with E-state index in [0.29, 0.717) is 20.9 Å². The molecule has 4 nitrogen and oxygen atoms in total. The zero-order valence-corrected chi connectivity index (χ0v) is 18.7. The largest absolute Gasteiger partial charge is 0.488 e. The first kappa shape index (κ1) is 21.5. The van der Waals surface area contributed by atoms with Gasteiger partial charge in [0.25, 0.3) is 0 Å². The third-order valence-corrected chi connectivity index (χ3v) is 6.13. The fourth-order valence-electron chi connectivity index (χ4n) is 3.70. The summed E-state index contributed by atoms with van der Waals surface area (Å²) >= 11 is 9.66. The Bertz CT molecular complexity index is 1200. The zero-order chi connectivity index (χ0) is 22.0. The van der Waals surface area contributed by atoms with Crippen molar-refractivity contribution >= 4 is 44.6 Å². The topological polar surface area (TPSA) is 59.4 Å². The Kier molecular flexibility index (Phi) is 6.39. The second-order valence-electron chi connectivity index (χ2n) is 7.19. The van der Waals surface area contributed by atoms with Crippen LogP contribution in [0.4, 0.5) is 4.39 Å². The Balaban J connectivity index is 1.71. The summed E-state index contributed by atoms with van der Waals surface area (Å²) in [4.78, 5) is 15.7. The Labute approximate surface area is 192 Å². The van der Waals surface area contributed by atoms with E-state index in [0.717, 1.165) is 41.5 Å². The normalized spacial score (nSPS) is 13.5. The van der Waals surface area contributed by atoms with Crippen molar-refractivity contribution in [1.29, 1.82) is 0 Å². The number of hydrogen-bond acceptors (Lipinski definition) is 3. The Morgan fingerprint density at radius 1 is 1.13 bits per heavy atom. The van der Waals surface area contributed by atoms with Gasteiger partial charge in [-0.25, -0.2) is 14.2 Å². The van der Waals surface area contributed by atoms with Crippen molar-refractivity contribution in [3.05, 3.63) is 92.4 Å². The maximum atomic E-state index is 13.4. The van der Waals surface area contributed by atoms with Gasteiger partial charge in [-0.1, -0.05) is 39.7 Å². The van der Waals surface area contributed by atoms with Crippen LogP contribution in [0.2, 0.25) is 5.02 Å². The number of carboxylic acids is 1. The minimum atomic E-state index is -1.06. The van der Waals surface area contributed by atoms with E-state index in [1.54, 1.807) is 18.2 Å². The van der Waals surface area contributed by atoms with Gasteiger partial charge in [0.05, 0.1) is 5.69 Å². The van der Waals surface area contributed by atoms with Gasteiger partial charge in [0, 0.05) is 20.6 Å². The monoisotopic (exact) mass is 501 g/mol. The summed E-state index contributed by atoms with van der Waals surface area (Å²) in [6.07, 6.45) is 2.53. The number of carboxylic acid groups (broad SMARTS) is 1. The number of aromatic nitrogens is 1. The van der Waals surface area contributed by atoms with Crippen LogP contribution in [0.15, 0.2) is 59.1 Å². The van der Waals surface area contributed by atoms with Crippen LogP contribution < -0.4 is 4.74 Å². The molecule has 0 radical (unpaired) electrons. The highest BCUT2D eigenvalue weighted by Crippen LogP contribution is 2.43. The highest BCUT2D eigenvalue weighted by molar-refractivity contribution is 9.10. The molecule has 1 N–H and O–H groups in total. The fourth-order valence-corrected chi connectivity index (χ4v) is 4.34. The summed E-state index contributed by atoms with van der Waals surface area (Å²) in [5.74, 6) is -0.720. The maximum Gasteiger partial charge on any atom is 0.354 e.